The summed E-state index contributed by atoms with van der Waals surface area (Å²) in [6, 6.07) is 17.8. The van der Waals surface area contributed by atoms with E-state index in [2.05, 4.69) is 0 Å². The molecule has 1 aliphatic rings. The van der Waals surface area contributed by atoms with Gasteiger partial charge < -0.3 is 5.11 Å². The Balaban J connectivity index is 1.94. The van der Waals surface area contributed by atoms with Gasteiger partial charge in [-0.1, -0.05) is 42.5 Å². The zero-order chi connectivity index (χ0) is 20.5. The van der Waals surface area contributed by atoms with Gasteiger partial charge in [0.2, 0.25) is 0 Å². The van der Waals surface area contributed by atoms with Crippen molar-refractivity contribution >= 4 is 23.1 Å². The largest absolute Gasteiger partial charge is 0.507 e. The Morgan fingerprint density at radius 3 is 1.93 bits per heavy atom. The number of carbonyl (C=O) groups is 2. The average molecular weight is 391 g/mol. The minimum Gasteiger partial charge on any atom is -0.507 e. The summed E-state index contributed by atoms with van der Waals surface area (Å²) < 4.78 is 26.8. The van der Waals surface area contributed by atoms with Gasteiger partial charge >= 0.3 is 0 Å². The van der Waals surface area contributed by atoms with Crippen LogP contribution in [0.4, 0.5) is 14.5 Å². The lowest BCUT2D eigenvalue weighted by molar-refractivity contribution is -0.132. The van der Waals surface area contributed by atoms with E-state index in [9.17, 15) is 23.5 Å². The molecule has 1 heterocycles. The Bertz CT molecular complexity index is 1110. The summed E-state index contributed by atoms with van der Waals surface area (Å²) in [7, 11) is 0. The molecule has 1 aliphatic heterocycles. The number of hydrogen-bond donors (Lipinski definition) is 1. The summed E-state index contributed by atoms with van der Waals surface area (Å²) in [6.45, 7) is 0. The molecule has 1 amide bonds. The zero-order valence-corrected chi connectivity index (χ0v) is 15.0. The maximum absolute atomic E-state index is 13.5. The Morgan fingerprint density at radius 1 is 0.793 bits per heavy atom. The summed E-state index contributed by atoms with van der Waals surface area (Å²) in [5.74, 6) is -3.03. The third-order valence-electron chi connectivity index (χ3n) is 4.78. The molecular formula is C23H15F2NO3. The van der Waals surface area contributed by atoms with Gasteiger partial charge in [0.05, 0.1) is 11.6 Å². The van der Waals surface area contributed by atoms with Crippen LogP contribution in [0.25, 0.3) is 5.76 Å². The molecule has 3 aromatic carbocycles. The van der Waals surface area contributed by atoms with Crippen molar-refractivity contribution < 1.29 is 23.5 Å². The first-order chi connectivity index (χ1) is 14.0. The molecule has 0 aliphatic carbocycles. The van der Waals surface area contributed by atoms with E-state index in [1.165, 1.54) is 53.4 Å². The first-order valence-corrected chi connectivity index (χ1v) is 8.85. The van der Waals surface area contributed by atoms with E-state index < -0.39 is 29.4 Å². The van der Waals surface area contributed by atoms with Gasteiger partial charge in [0.1, 0.15) is 17.4 Å². The molecule has 0 saturated carbocycles. The first kappa shape index (κ1) is 18.6. The predicted octanol–water partition coefficient (Wildman–Crippen LogP) is 4.59. The number of ketones is 1. The van der Waals surface area contributed by atoms with Crippen LogP contribution >= 0.6 is 0 Å². The summed E-state index contributed by atoms with van der Waals surface area (Å²) in [5, 5.41) is 10.8. The van der Waals surface area contributed by atoms with E-state index in [4.69, 9.17) is 0 Å². The van der Waals surface area contributed by atoms with Crippen molar-refractivity contribution in [3.05, 3.63) is 107 Å². The van der Waals surface area contributed by atoms with Crippen molar-refractivity contribution in [2.24, 2.45) is 0 Å². The van der Waals surface area contributed by atoms with E-state index >= 15 is 0 Å². The highest BCUT2D eigenvalue weighted by molar-refractivity contribution is 6.51. The maximum Gasteiger partial charge on any atom is 0.300 e. The highest BCUT2D eigenvalue weighted by Crippen LogP contribution is 2.42. The number of nitrogens with zero attached hydrogens (tertiary/aromatic N) is 1. The van der Waals surface area contributed by atoms with Crippen LogP contribution in [0.15, 0.2) is 84.4 Å². The van der Waals surface area contributed by atoms with Crippen LogP contribution in [0.1, 0.15) is 17.2 Å². The summed E-state index contributed by atoms with van der Waals surface area (Å²) in [4.78, 5) is 26.9. The third-order valence-corrected chi connectivity index (χ3v) is 4.78. The molecular weight excluding hydrogens is 376 g/mol. The highest BCUT2D eigenvalue weighted by atomic mass is 19.1. The number of Topliss-reactive ketones (excluding diaryl/α,β-unsaturated/α-hetero) is 1. The second kappa shape index (κ2) is 7.31. The van der Waals surface area contributed by atoms with Gasteiger partial charge in [-0.25, -0.2) is 8.78 Å². The number of aliphatic hydroxyl groups is 1. The zero-order valence-electron chi connectivity index (χ0n) is 15.0. The van der Waals surface area contributed by atoms with E-state index in [1.807, 2.05) is 0 Å². The highest BCUT2D eigenvalue weighted by Gasteiger charge is 2.46. The van der Waals surface area contributed by atoms with Crippen molar-refractivity contribution in [3.8, 4) is 0 Å². The first-order valence-electron chi connectivity index (χ1n) is 8.85. The lowest BCUT2D eigenvalue weighted by atomic mass is 9.95. The van der Waals surface area contributed by atoms with Gasteiger partial charge in [0, 0.05) is 11.3 Å². The number of hydrogen-bond acceptors (Lipinski definition) is 3. The standard InChI is InChI=1S/C23H15F2NO3/c24-16-8-6-14(7-9-16)20-19(21(27)15-4-2-1-3-5-15)22(28)23(29)26(20)18-12-10-17(25)11-13-18/h1-13,20,27H. The molecule has 144 valence electrons. The Morgan fingerprint density at radius 2 is 1.34 bits per heavy atom. The molecule has 0 radical (unpaired) electrons. The van der Waals surface area contributed by atoms with Gasteiger partial charge in [-0.3, -0.25) is 14.5 Å². The normalized spacial score (nSPS) is 18.3. The lowest BCUT2D eigenvalue weighted by Gasteiger charge is -2.25. The number of benzene rings is 3. The topological polar surface area (TPSA) is 57.6 Å². The Kier molecular flexibility index (Phi) is 4.68. The minimum atomic E-state index is -0.985. The summed E-state index contributed by atoms with van der Waals surface area (Å²) in [5.41, 5.74) is 0.983. The Labute approximate surface area is 165 Å². The molecule has 29 heavy (non-hydrogen) atoms. The second-order valence-electron chi connectivity index (χ2n) is 6.56. The molecule has 3 aromatic rings. The van der Waals surface area contributed by atoms with Gasteiger partial charge in [0.25, 0.3) is 11.7 Å². The summed E-state index contributed by atoms with van der Waals surface area (Å²) >= 11 is 0. The van der Waals surface area contributed by atoms with E-state index in [0.717, 1.165) is 0 Å². The average Bonchev–Trinajstić information content (AvgIpc) is 3.00. The van der Waals surface area contributed by atoms with Crippen molar-refractivity contribution in [1.29, 1.82) is 0 Å². The smallest absolute Gasteiger partial charge is 0.300 e. The van der Waals surface area contributed by atoms with Gasteiger partial charge in [-0.15, -0.1) is 0 Å². The molecule has 6 heteroatoms. The van der Waals surface area contributed by atoms with Crippen molar-refractivity contribution in [2.45, 2.75) is 6.04 Å². The van der Waals surface area contributed by atoms with Crippen LogP contribution in [-0.2, 0) is 9.59 Å². The number of rotatable bonds is 3. The fourth-order valence-electron chi connectivity index (χ4n) is 3.41. The van der Waals surface area contributed by atoms with E-state index in [0.29, 0.717) is 11.1 Å². The summed E-state index contributed by atoms with van der Waals surface area (Å²) in [6.07, 6.45) is 0. The molecule has 1 fully saturated rings. The van der Waals surface area contributed by atoms with E-state index in [-0.39, 0.29) is 17.0 Å². The van der Waals surface area contributed by atoms with Crippen molar-refractivity contribution in [2.75, 3.05) is 4.90 Å². The Hall–Kier alpha value is -3.80. The van der Waals surface area contributed by atoms with Crippen LogP contribution < -0.4 is 4.90 Å². The van der Waals surface area contributed by atoms with Crippen LogP contribution in [0.2, 0.25) is 0 Å². The monoisotopic (exact) mass is 391 g/mol. The second-order valence-corrected chi connectivity index (χ2v) is 6.56. The molecule has 0 spiro atoms. The number of carbonyl (C=O) groups excluding carboxylic acids is 2. The van der Waals surface area contributed by atoms with Crippen LogP contribution in [-0.4, -0.2) is 16.8 Å². The van der Waals surface area contributed by atoms with Crippen LogP contribution in [0, 0.1) is 11.6 Å². The molecule has 0 bridgehead atoms. The van der Waals surface area contributed by atoms with Gasteiger partial charge in [-0.2, -0.15) is 0 Å². The number of halogens is 2. The maximum atomic E-state index is 13.5. The molecule has 1 unspecified atom stereocenters. The van der Waals surface area contributed by atoms with Crippen LogP contribution in [0.5, 0.6) is 0 Å². The minimum absolute atomic E-state index is 0.114. The predicted molar refractivity (Wildman–Crippen MR) is 104 cm³/mol. The fourth-order valence-corrected chi connectivity index (χ4v) is 3.41. The van der Waals surface area contributed by atoms with Gasteiger partial charge in [0.15, 0.2) is 0 Å². The number of anilines is 1. The molecule has 0 aromatic heterocycles. The fraction of sp³-hybridized carbons (Fsp3) is 0.0435. The quantitative estimate of drug-likeness (QED) is 0.404. The molecule has 4 rings (SSSR count). The SMILES string of the molecule is O=C1C(=O)N(c2ccc(F)cc2)C(c2ccc(F)cc2)C1=C(O)c1ccccc1. The molecule has 1 atom stereocenters. The number of aliphatic hydroxyl groups excluding tert-OH is 1. The van der Waals surface area contributed by atoms with Gasteiger partial charge in [-0.05, 0) is 42.0 Å². The number of amides is 1. The third kappa shape index (κ3) is 3.29. The molecule has 1 N–H and O–H groups in total. The van der Waals surface area contributed by atoms with Crippen molar-refractivity contribution in [3.63, 3.8) is 0 Å². The van der Waals surface area contributed by atoms with E-state index in [1.54, 1.807) is 30.3 Å². The lowest BCUT2D eigenvalue weighted by Crippen LogP contribution is -2.29. The van der Waals surface area contributed by atoms with Crippen molar-refractivity contribution in [1.82, 2.24) is 0 Å². The molecule has 1 saturated heterocycles. The van der Waals surface area contributed by atoms with Crippen LogP contribution in [0.3, 0.4) is 0 Å². The molecule has 4 nitrogen and oxygen atoms in total.